The number of benzene rings is 2. The molecule has 0 spiro atoms. The van der Waals surface area contributed by atoms with Crippen molar-refractivity contribution in [1.29, 1.82) is 0 Å². The van der Waals surface area contributed by atoms with Gasteiger partial charge in [0.1, 0.15) is 22.8 Å². The van der Waals surface area contributed by atoms with Crippen LogP contribution in [0.25, 0.3) is 0 Å². The number of fused-ring (bicyclic) bond motifs is 4. The van der Waals surface area contributed by atoms with E-state index >= 15 is 0 Å². The molecule has 2 aromatic carbocycles. The molecule has 10 nitrogen and oxygen atoms in total. The van der Waals surface area contributed by atoms with E-state index in [2.05, 4.69) is 27.2 Å². The Morgan fingerprint density at radius 1 is 0.800 bits per heavy atom. The van der Waals surface area contributed by atoms with Gasteiger partial charge in [-0.3, -0.25) is 19.4 Å². The van der Waals surface area contributed by atoms with E-state index in [0.717, 1.165) is 11.1 Å². The summed E-state index contributed by atoms with van der Waals surface area (Å²) >= 11 is 0. The highest BCUT2D eigenvalue weighted by Crippen LogP contribution is 2.45. The Morgan fingerprint density at radius 3 is 1.92 bits per heavy atom. The number of ether oxygens (including phenoxy) is 3. The summed E-state index contributed by atoms with van der Waals surface area (Å²) in [5.74, 6) is -1.45. The van der Waals surface area contributed by atoms with E-state index in [0.29, 0.717) is 58.4 Å². The highest BCUT2D eigenvalue weighted by molar-refractivity contribution is 5.83. The van der Waals surface area contributed by atoms with E-state index in [4.69, 9.17) is 19.9 Å². The van der Waals surface area contributed by atoms with Crippen molar-refractivity contribution in [1.82, 2.24) is 15.1 Å². The van der Waals surface area contributed by atoms with Crippen molar-refractivity contribution in [3.05, 3.63) is 71.8 Å². The second-order valence-corrected chi connectivity index (χ2v) is 17.1. The van der Waals surface area contributed by atoms with Gasteiger partial charge in [-0.2, -0.15) is 0 Å². The predicted molar refractivity (Wildman–Crippen MR) is 196 cm³/mol. The van der Waals surface area contributed by atoms with Crippen LogP contribution < -0.4 is 11.1 Å². The van der Waals surface area contributed by atoms with Gasteiger partial charge >= 0.3 is 18.0 Å². The van der Waals surface area contributed by atoms with Crippen molar-refractivity contribution in [2.24, 2.45) is 11.7 Å². The Morgan fingerprint density at radius 2 is 1.36 bits per heavy atom. The number of amides is 1. The molecule has 50 heavy (non-hydrogen) atoms. The Balaban J connectivity index is 1.86. The zero-order valence-corrected chi connectivity index (χ0v) is 31.7. The number of carbonyl (C=O) groups excluding carboxylic acids is 3. The number of hydrogen-bond acceptors (Lipinski definition) is 9. The lowest BCUT2D eigenvalue weighted by Crippen LogP contribution is -2.74. The topological polar surface area (TPSA) is 123 Å². The molecule has 1 amide bonds. The predicted octanol–water partition coefficient (Wildman–Crippen LogP) is 5.51. The first-order valence-corrected chi connectivity index (χ1v) is 18.0. The quantitative estimate of drug-likeness (QED) is 0.232. The van der Waals surface area contributed by atoms with E-state index in [9.17, 15) is 14.4 Å². The van der Waals surface area contributed by atoms with Crippen LogP contribution >= 0.6 is 0 Å². The maximum absolute atomic E-state index is 14.7. The number of esters is 2. The normalized spacial score (nSPS) is 26.0. The van der Waals surface area contributed by atoms with E-state index in [-0.39, 0.29) is 11.9 Å². The summed E-state index contributed by atoms with van der Waals surface area (Å²) in [5.41, 5.74) is 5.35. The first kappa shape index (κ1) is 39.3. The van der Waals surface area contributed by atoms with E-state index in [1.165, 1.54) is 0 Å². The molecule has 2 bridgehead atoms. The van der Waals surface area contributed by atoms with Crippen LogP contribution in [-0.2, 0) is 36.6 Å². The van der Waals surface area contributed by atoms with Crippen molar-refractivity contribution in [2.75, 3.05) is 32.7 Å². The molecule has 6 atom stereocenters. The molecule has 5 rings (SSSR count). The fourth-order valence-corrected chi connectivity index (χ4v) is 7.47. The minimum Gasteiger partial charge on any atom is -0.460 e. The third kappa shape index (κ3) is 10.5. The molecule has 3 aliphatic heterocycles. The molecule has 3 heterocycles. The Hall–Kier alpha value is -3.47. The van der Waals surface area contributed by atoms with E-state index in [1.807, 2.05) is 111 Å². The number of aryl methyl sites for hydroxylation is 1. The molecule has 0 saturated carbocycles. The SMILES string of the molecule is CC(C)(C)OC(=O)NCCC1(N)CN2CCN(C1)C(Cc1ccccc1)([C@H](CCc1ccccc1)C(=O)OC(C)(C)C)[C@H]2C(=O)OC(C)(C)C. The molecule has 3 N–H and O–H groups in total. The average molecular weight is 693 g/mol. The molecule has 10 heteroatoms. The van der Waals surface area contributed by atoms with E-state index in [1.54, 1.807) is 0 Å². The zero-order valence-electron chi connectivity index (χ0n) is 31.7. The fraction of sp³-hybridized carbons (Fsp3) is 0.625. The summed E-state index contributed by atoms with van der Waals surface area (Å²) in [4.78, 5) is 46.4. The number of piperazine rings is 1. The highest BCUT2D eigenvalue weighted by Gasteiger charge is 2.63. The largest absolute Gasteiger partial charge is 0.460 e. The monoisotopic (exact) mass is 692 g/mol. The molecule has 276 valence electrons. The standard InChI is InChI=1S/C40H60N4O6/c1-36(2,3)48-33(45)31(21-20-29-16-12-10-13-17-29)40(26-30-18-14-11-15-19-30)32(34(46)49-37(4,5)6)43-24-25-44(40)28-39(41,27-43)22-23-42-35(47)50-38(7,8)9/h10-19,31-32H,20-28,41H2,1-9H3,(H,42,47)/t31-,32-,39?,40?/m1/s1. The van der Waals surface area contributed by atoms with Gasteiger partial charge in [0.15, 0.2) is 0 Å². The smallest absolute Gasteiger partial charge is 0.407 e. The minimum absolute atomic E-state index is 0.291. The van der Waals surface area contributed by atoms with Crippen molar-refractivity contribution >= 4 is 18.0 Å². The maximum Gasteiger partial charge on any atom is 0.407 e. The molecule has 0 aliphatic carbocycles. The van der Waals surface area contributed by atoms with Crippen LogP contribution in [-0.4, -0.2) is 94.5 Å². The summed E-state index contributed by atoms with van der Waals surface area (Å²) in [6.07, 6.45) is 1.40. The first-order chi connectivity index (χ1) is 23.2. The average Bonchev–Trinajstić information content (AvgIpc) is 3.20. The van der Waals surface area contributed by atoms with Gasteiger partial charge in [-0.15, -0.1) is 0 Å². The van der Waals surface area contributed by atoms with Crippen molar-refractivity contribution in [2.45, 2.75) is 122 Å². The number of hydrogen-bond donors (Lipinski definition) is 2. The van der Waals surface area contributed by atoms with Crippen LogP contribution in [0.2, 0.25) is 0 Å². The number of rotatable bonds is 11. The van der Waals surface area contributed by atoms with Gasteiger partial charge in [0, 0.05) is 38.3 Å². The summed E-state index contributed by atoms with van der Waals surface area (Å²) < 4.78 is 17.9. The molecule has 3 fully saturated rings. The van der Waals surface area contributed by atoms with Gasteiger partial charge in [-0.05, 0) is 99.1 Å². The number of nitrogens with zero attached hydrogens (tertiary/aromatic N) is 2. The zero-order chi connectivity index (χ0) is 37.0. The number of carbonyl (C=O) groups is 3. The summed E-state index contributed by atoms with van der Waals surface area (Å²) in [6, 6.07) is 19.3. The van der Waals surface area contributed by atoms with Crippen molar-refractivity contribution in [3.8, 4) is 0 Å². The Kier molecular flexibility index (Phi) is 12.1. The van der Waals surface area contributed by atoms with Gasteiger partial charge in [0.2, 0.25) is 0 Å². The minimum atomic E-state index is -1.07. The molecular formula is C40H60N4O6. The van der Waals surface area contributed by atoms with Gasteiger partial charge in [-0.25, -0.2) is 4.79 Å². The molecule has 3 aliphatic rings. The molecule has 0 radical (unpaired) electrons. The fourth-order valence-electron chi connectivity index (χ4n) is 7.47. The van der Waals surface area contributed by atoms with Crippen LogP contribution in [0.1, 0.15) is 86.3 Å². The van der Waals surface area contributed by atoms with Gasteiger partial charge in [-0.1, -0.05) is 60.7 Å². The lowest BCUT2D eigenvalue weighted by atomic mass is 9.68. The Labute approximate surface area is 299 Å². The number of nitrogens with one attached hydrogen (secondary N) is 1. The first-order valence-electron chi connectivity index (χ1n) is 18.0. The second-order valence-electron chi connectivity index (χ2n) is 17.1. The van der Waals surface area contributed by atoms with Crippen LogP contribution in [0, 0.1) is 5.92 Å². The Bertz CT molecular complexity index is 1450. The van der Waals surface area contributed by atoms with Gasteiger partial charge in [0.25, 0.3) is 0 Å². The summed E-state index contributed by atoms with van der Waals surface area (Å²) in [7, 11) is 0. The van der Waals surface area contributed by atoms with Gasteiger partial charge < -0.3 is 25.3 Å². The van der Waals surface area contributed by atoms with Crippen LogP contribution in [0.5, 0.6) is 0 Å². The lowest BCUT2D eigenvalue weighted by molar-refractivity contribution is -0.184. The number of nitrogens with two attached hydrogens (primary N) is 1. The number of alkyl carbamates (subject to hydrolysis) is 1. The maximum atomic E-state index is 14.7. The van der Waals surface area contributed by atoms with Crippen LogP contribution in [0.4, 0.5) is 4.79 Å². The van der Waals surface area contributed by atoms with Gasteiger partial charge in [0.05, 0.1) is 11.5 Å². The third-order valence-corrected chi connectivity index (χ3v) is 9.22. The van der Waals surface area contributed by atoms with E-state index < -0.39 is 45.9 Å². The van der Waals surface area contributed by atoms with Crippen LogP contribution in [0.3, 0.4) is 0 Å². The molecule has 3 saturated heterocycles. The van der Waals surface area contributed by atoms with Crippen LogP contribution in [0.15, 0.2) is 60.7 Å². The second kappa shape index (κ2) is 15.4. The lowest BCUT2D eigenvalue weighted by Gasteiger charge is -2.56. The van der Waals surface area contributed by atoms with Crippen molar-refractivity contribution < 1.29 is 28.6 Å². The summed E-state index contributed by atoms with van der Waals surface area (Å²) in [6.45, 7) is 18.9. The molecule has 2 aromatic rings. The third-order valence-electron chi connectivity index (χ3n) is 9.22. The van der Waals surface area contributed by atoms with Crippen molar-refractivity contribution in [3.63, 3.8) is 0 Å². The molecule has 4 unspecified atom stereocenters. The highest BCUT2D eigenvalue weighted by atomic mass is 16.6. The summed E-state index contributed by atoms with van der Waals surface area (Å²) in [5, 5.41) is 2.87. The molecule has 0 aromatic heterocycles. The molecular weight excluding hydrogens is 632 g/mol.